The summed E-state index contributed by atoms with van der Waals surface area (Å²) < 4.78 is 8.84. The Hall–Kier alpha value is -1.13. The van der Waals surface area contributed by atoms with Crippen LogP contribution in [0.2, 0.25) is 0 Å². The van der Waals surface area contributed by atoms with Crippen molar-refractivity contribution in [2.45, 2.75) is 32.4 Å². The Balaban J connectivity index is 1.85. The van der Waals surface area contributed by atoms with Gasteiger partial charge in [0.15, 0.2) is 0 Å². The molecule has 4 heteroatoms. The van der Waals surface area contributed by atoms with Crippen molar-refractivity contribution in [1.29, 1.82) is 0 Å². The lowest BCUT2D eigenvalue weighted by Crippen LogP contribution is -2.18. The van der Waals surface area contributed by atoms with E-state index in [9.17, 15) is 0 Å². The Morgan fingerprint density at radius 2 is 2.21 bits per heavy atom. The molecule has 0 bridgehead atoms. The third-order valence-electron chi connectivity index (χ3n) is 3.54. The fourth-order valence-electron chi connectivity index (χ4n) is 2.40. The molecule has 1 aliphatic heterocycles. The van der Waals surface area contributed by atoms with Gasteiger partial charge in [0.25, 0.3) is 0 Å². The second kappa shape index (κ2) is 5.47. The van der Waals surface area contributed by atoms with Gasteiger partial charge in [-0.3, -0.25) is 0 Å². The molecule has 19 heavy (non-hydrogen) atoms. The second-order valence-electron chi connectivity index (χ2n) is 4.99. The van der Waals surface area contributed by atoms with Gasteiger partial charge in [0.05, 0.1) is 6.20 Å². The molecule has 0 N–H and O–H groups in total. The smallest absolute Gasteiger partial charge is 0.150 e. The average molecular weight is 321 g/mol. The van der Waals surface area contributed by atoms with Gasteiger partial charge in [-0.15, -0.1) is 0 Å². The number of nitrogens with zero attached hydrogens (tertiary/aromatic N) is 2. The zero-order chi connectivity index (χ0) is 13.2. The first-order chi connectivity index (χ1) is 9.24. The predicted octanol–water partition coefficient (Wildman–Crippen LogP) is 4.32. The molecular formula is C15H17BrN2O. The summed E-state index contributed by atoms with van der Waals surface area (Å²) in [5.74, 6) is 0. The van der Waals surface area contributed by atoms with Crippen molar-refractivity contribution in [2.75, 3.05) is 6.61 Å². The molecule has 1 aromatic heterocycles. The minimum atomic E-state index is 0.110. The lowest BCUT2D eigenvalue weighted by Gasteiger charge is -2.22. The maximum Gasteiger partial charge on any atom is 0.150 e. The van der Waals surface area contributed by atoms with E-state index in [-0.39, 0.29) is 6.23 Å². The minimum Gasteiger partial charge on any atom is -0.357 e. The van der Waals surface area contributed by atoms with Crippen LogP contribution in [-0.4, -0.2) is 16.4 Å². The van der Waals surface area contributed by atoms with E-state index in [0.29, 0.717) is 0 Å². The molecule has 1 unspecified atom stereocenters. The minimum absolute atomic E-state index is 0.110. The molecule has 1 atom stereocenters. The summed E-state index contributed by atoms with van der Waals surface area (Å²) in [5.41, 5.74) is 3.58. The summed E-state index contributed by atoms with van der Waals surface area (Å²) >= 11 is 3.53. The summed E-state index contributed by atoms with van der Waals surface area (Å²) in [4.78, 5) is 0. The maximum absolute atomic E-state index is 5.75. The van der Waals surface area contributed by atoms with Crippen molar-refractivity contribution in [3.8, 4) is 11.1 Å². The fourth-order valence-corrected chi connectivity index (χ4v) is 2.65. The maximum atomic E-state index is 5.75. The standard InChI is InChI=1S/C15H17BrN2O/c1-11-8-12(5-6-14(11)16)13-9-17-18(10-13)15-4-2-3-7-19-15/h5-6,8-10,15H,2-4,7H2,1H3. The van der Waals surface area contributed by atoms with Crippen LogP contribution >= 0.6 is 15.9 Å². The van der Waals surface area contributed by atoms with Crippen LogP contribution in [0.1, 0.15) is 31.1 Å². The van der Waals surface area contributed by atoms with E-state index in [0.717, 1.165) is 29.5 Å². The highest BCUT2D eigenvalue weighted by molar-refractivity contribution is 9.10. The van der Waals surface area contributed by atoms with Gasteiger partial charge in [-0.25, -0.2) is 4.68 Å². The molecule has 1 saturated heterocycles. The molecule has 0 amide bonds. The highest BCUT2D eigenvalue weighted by Gasteiger charge is 2.16. The molecule has 2 aromatic rings. The van der Waals surface area contributed by atoms with Crippen LogP contribution in [0.25, 0.3) is 11.1 Å². The highest BCUT2D eigenvalue weighted by atomic mass is 79.9. The molecule has 1 fully saturated rings. The molecule has 3 rings (SSSR count). The lowest BCUT2D eigenvalue weighted by atomic mass is 10.1. The van der Waals surface area contributed by atoms with Gasteiger partial charge in [0, 0.05) is 22.8 Å². The van der Waals surface area contributed by atoms with Gasteiger partial charge in [-0.05, 0) is 43.4 Å². The van der Waals surface area contributed by atoms with Gasteiger partial charge >= 0.3 is 0 Å². The van der Waals surface area contributed by atoms with Crippen LogP contribution in [0.4, 0.5) is 0 Å². The van der Waals surface area contributed by atoms with Gasteiger partial charge in [0.1, 0.15) is 6.23 Å². The molecule has 1 aliphatic rings. The Labute approximate surface area is 121 Å². The normalized spacial score (nSPS) is 19.6. The van der Waals surface area contributed by atoms with E-state index < -0.39 is 0 Å². The molecule has 1 aromatic carbocycles. The Morgan fingerprint density at radius 3 is 2.95 bits per heavy atom. The average Bonchev–Trinajstić information content (AvgIpc) is 2.93. The number of ether oxygens (including phenoxy) is 1. The molecule has 2 heterocycles. The first-order valence-corrected chi connectivity index (χ1v) is 7.45. The number of aromatic nitrogens is 2. The number of benzene rings is 1. The van der Waals surface area contributed by atoms with Gasteiger partial charge in [-0.2, -0.15) is 5.10 Å². The van der Waals surface area contributed by atoms with Crippen molar-refractivity contribution in [3.05, 3.63) is 40.6 Å². The lowest BCUT2D eigenvalue weighted by molar-refractivity contribution is -0.0394. The predicted molar refractivity (Wildman–Crippen MR) is 78.9 cm³/mol. The second-order valence-corrected chi connectivity index (χ2v) is 5.85. The largest absolute Gasteiger partial charge is 0.357 e. The van der Waals surface area contributed by atoms with Crippen molar-refractivity contribution < 1.29 is 4.74 Å². The monoisotopic (exact) mass is 320 g/mol. The van der Waals surface area contributed by atoms with Gasteiger partial charge in [-0.1, -0.05) is 28.1 Å². The zero-order valence-electron chi connectivity index (χ0n) is 11.0. The van der Waals surface area contributed by atoms with Crippen LogP contribution < -0.4 is 0 Å². The van der Waals surface area contributed by atoms with E-state index in [4.69, 9.17) is 4.74 Å². The number of rotatable bonds is 2. The van der Waals surface area contributed by atoms with E-state index in [1.165, 1.54) is 17.5 Å². The van der Waals surface area contributed by atoms with Crippen molar-refractivity contribution in [3.63, 3.8) is 0 Å². The van der Waals surface area contributed by atoms with Gasteiger partial charge in [0.2, 0.25) is 0 Å². The molecule has 0 spiro atoms. The van der Waals surface area contributed by atoms with Crippen LogP contribution in [0, 0.1) is 6.92 Å². The molecule has 0 aliphatic carbocycles. The van der Waals surface area contributed by atoms with E-state index in [2.05, 4.69) is 52.3 Å². The molecule has 0 saturated carbocycles. The molecule has 0 radical (unpaired) electrons. The highest BCUT2D eigenvalue weighted by Crippen LogP contribution is 2.27. The van der Waals surface area contributed by atoms with E-state index >= 15 is 0 Å². The quantitative estimate of drug-likeness (QED) is 0.824. The zero-order valence-corrected chi connectivity index (χ0v) is 12.6. The Morgan fingerprint density at radius 1 is 1.32 bits per heavy atom. The van der Waals surface area contributed by atoms with E-state index in [1.54, 1.807) is 0 Å². The van der Waals surface area contributed by atoms with Crippen LogP contribution in [0.5, 0.6) is 0 Å². The first kappa shape index (κ1) is 12.9. The third kappa shape index (κ3) is 2.74. The number of hydrogen-bond donors (Lipinski definition) is 0. The van der Waals surface area contributed by atoms with Crippen molar-refractivity contribution in [2.24, 2.45) is 0 Å². The molecule has 100 valence electrons. The summed E-state index contributed by atoms with van der Waals surface area (Å²) in [5, 5.41) is 4.45. The Bertz CT molecular complexity index is 573. The van der Waals surface area contributed by atoms with Crippen LogP contribution in [0.15, 0.2) is 35.1 Å². The van der Waals surface area contributed by atoms with Crippen LogP contribution in [-0.2, 0) is 4.74 Å². The topological polar surface area (TPSA) is 27.1 Å². The SMILES string of the molecule is Cc1cc(-c2cnn(C3CCCCO3)c2)ccc1Br. The summed E-state index contributed by atoms with van der Waals surface area (Å²) in [6.07, 6.45) is 7.55. The summed E-state index contributed by atoms with van der Waals surface area (Å²) in [6, 6.07) is 6.37. The third-order valence-corrected chi connectivity index (χ3v) is 4.43. The number of hydrogen-bond acceptors (Lipinski definition) is 2. The fraction of sp³-hybridized carbons (Fsp3) is 0.400. The van der Waals surface area contributed by atoms with Gasteiger partial charge < -0.3 is 4.74 Å². The van der Waals surface area contributed by atoms with Crippen molar-refractivity contribution >= 4 is 15.9 Å². The Kier molecular flexibility index (Phi) is 3.71. The first-order valence-electron chi connectivity index (χ1n) is 6.66. The van der Waals surface area contributed by atoms with Crippen molar-refractivity contribution in [1.82, 2.24) is 9.78 Å². The summed E-state index contributed by atoms with van der Waals surface area (Å²) in [7, 11) is 0. The molecular weight excluding hydrogens is 304 g/mol. The molecule has 3 nitrogen and oxygen atoms in total. The summed E-state index contributed by atoms with van der Waals surface area (Å²) in [6.45, 7) is 2.94. The van der Waals surface area contributed by atoms with E-state index in [1.807, 2.05) is 10.9 Å². The number of aryl methyl sites for hydroxylation is 1. The van der Waals surface area contributed by atoms with Crippen LogP contribution in [0.3, 0.4) is 0 Å². The number of halogens is 1.